The summed E-state index contributed by atoms with van der Waals surface area (Å²) in [4.78, 5) is 13.8. The van der Waals surface area contributed by atoms with Gasteiger partial charge in [0.1, 0.15) is 0 Å². The molecular weight excluding hydrogens is 517 g/mol. The van der Waals surface area contributed by atoms with Gasteiger partial charge in [-0.15, -0.1) is 24.0 Å². The van der Waals surface area contributed by atoms with Crippen molar-refractivity contribution in [2.24, 2.45) is 4.99 Å². The number of nitrogens with one attached hydrogen (secondary N) is 1. The van der Waals surface area contributed by atoms with E-state index in [9.17, 15) is 0 Å². The highest BCUT2D eigenvalue weighted by Crippen LogP contribution is 2.24. The molecule has 7 nitrogen and oxygen atoms in total. The van der Waals surface area contributed by atoms with E-state index >= 15 is 0 Å². The number of rotatable bonds is 7. The molecule has 0 radical (unpaired) electrons. The van der Waals surface area contributed by atoms with Crippen LogP contribution >= 0.6 is 24.0 Å². The number of aromatic nitrogens is 1. The van der Waals surface area contributed by atoms with E-state index in [1.807, 2.05) is 25.4 Å². The molecule has 8 heteroatoms. The van der Waals surface area contributed by atoms with Crippen molar-refractivity contribution < 1.29 is 9.47 Å². The zero-order chi connectivity index (χ0) is 21.5. The third-order valence-electron chi connectivity index (χ3n) is 5.86. The molecule has 1 aromatic heterocycles. The predicted molar refractivity (Wildman–Crippen MR) is 138 cm³/mol. The Labute approximate surface area is 208 Å². The third-order valence-corrected chi connectivity index (χ3v) is 5.86. The Hall–Kier alpha value is -1.91. The van der Waals surface area contributed by atoms with Crippen molar-refractivity contribution in [1.29, 1.82) is 0 Å². The van der Waals surface area contributed by atoms with Gasteiger partial charge in [-0.2, -0.15) is 0 Å². The summed E-state index contributed by atoms with van der Waals surface area (Å²) in [6, 6.07) is 15.0. The van der Waals surface area contributed by atoms with Crippen molar-refractivity contribution in [3.05, 3.63) is 59.8 Å². The molecular formula is C24H34IN5O2. The topological polar surface area (TPSA) is 62.2 Å². The first-order valence-corrected chi connectivity index (χ1v) is 11.2. The summed E-state index contributed by atoms with van der Waals surface area (Å²) in [5.41, 5.74) is 2.45. The van der Waals surface area contributed by atoms with Crippen LogP contribution in [0.5, 0.6) is 5.88 Å². The van der Waals surface area contributed by atoms with E-state index in [-0.39, 0.29) is 30.1 Å². The number of morpholine rings is 1. The van der Waals surface area contributed by atoms with Crippen LogP contribution in [0.3, 0.4) is 0 Å². The summed E-state index contributed by atoms with van der Waals surface area (Å²) in [6.45, 7) is 7.94. The first-order valence-electron chi connectivity index (χ1n) is 11.2. The maximum absolute atomic E-state index is 6.11. The van der Waals surface area contributed by atoms with Gasteiger partial charge in [0.05, 0.1) is 25.4 Å². The number of guanidine groups is 1. The molecule has 3 heterocycles. The highest BCUT2D eigenvalue weighted by Gasteiger charge is 2.41. The lowest BCUT2D eigenvalue weighted by Crippen LogP contribution is -2.50. The molecule has 0 bridgehead atoms. The zero-order valence-electron chi connectivity index (χ0n) is 18.9. The summed E-state index contributed by atoms with van der Waals surface area (Å²) < 4.78 is 11.7. The van der Waals surface area contributed by atoms with Gasteiger partial charge in [-0.3, -0.25) is 9.89 Å². The van der Waals surface area contributed by atoms with Crippen molar-refractivity contribution in [2.75, 3.05) is 39.9 Å². The lowest BCUT2D eigenvalue weighted by Gasteiger charge is -2.36. The second kappa shape index (κ2) is 12.4. The summed E-state index contributed by atoms with van der Waals surface area (Å²) >= 11 is 0. The standard InChI is InChI=1S/C24H33N5O2.HI/c1-3-12-31-23-10-9-20(14-26-23)15-27-24(25-2)29-17-21-22(18-29)30-13-11-28(21)16-19-7-5-4-6-8-19;/h4-10,14,21-22H,3,11-13,15-18H2,1-2H3,(H,25,27);1H. The first kappa shape index (κ1) is 24.7. The summed E-state index contributed by atoms with van der Waals surface area (Å²) in [5.74, 6) is 1.58. The summed E-state index contributed by atoms with van der Waals surface area (Å²) in [6.07, 6.45) is 3.05. The number of ether oxygens (including phenoxy) is 2. The second-order valence-electron chi connectivity index (χ2n) is 8.09. The van der Waals surface area contributed by atoms with Crippen LogP contribution in [0.25, 0.3) is 0 Å². The van der Waals surface area contributed by atoms with Gasteiger partial charge < -0.3 is 19.7 Å². The number of likely N-dealkylation sites (tertiary alicyclic amines) is 1. The molecule has 1 aromatic carbocycles. The highest BCUT2D eigenvalue weighted by molar-refractivity contribution is 14.0. The average molecular weight is 551 g/mol. The highest BCUT2D eigenvalue weighted by atomic mass is 127. The number of hydrogen-bond acceptors (Lipinski definition) is 5. The first-order chi connectivity index (χ1) is 15.3. The van der Waals surface area contributed by atoms with Crippen LogP contribution in [0, 0.1) is 0 Å². The maximum Gasteiger partial charge on any atom is 0.213 e. The van der Waals surface area contributed by atoms with E-state index < -0.39 is 0 Å². The molecule has 4 rings (SSSR count). The number of halogens is 1. The molecule has 0 amide bonds. The Morgan fingerprint density at radius 3 is 2.75 bits per heavy atom. The van der Waals surface area contributed by atoms with Gasteiger partial charge in [0, 0.05) is 52.0 Å². The molecule has 1 N–H and O–H groups in total. The fraction of sp³-hybridized carbons (Fsp3) is 0.500. The molecule has 0 spiro atoms. The van der Waals surface area contributed by atoms with Crippen LogP contribution in [-0.2, 0) is 17.8 Å². The largest absolute Gasteiger partial charge is 0.478 e. The minimum absolute atomic E-state index is 0. The molecule has 2 aliphatic heterocycles. The van der Waals surface area contributed by atoms with Gasteiger partial charge in [0.15, 0.2) is 5.96 Å². The number of pyridine rings is 1. The number of fused-ring (bicyclic) bond motifs is 1. The van der Waals surface area contributed by atoms with E-state index in [1.165, 1.54) is 5.56 Å². The molecule has 2 aromatic rings. The Morgan fingerprint density at radius 2 is 2.03 bits per heavy atom. The van der Waals surface area contributed by atoms with Crippen molar-refractivity contribution in [1.82, 2.24) is 20.1 Å². The normalized spacial score (nSPS) is 21.1. The third kappa shape index (κ3) is 6.32. The van der Waals surface area contributed by atoms with Gasteiger partial charge in [0.25, 0.3) is 0 Å². The van der Waals surface area contributed by atoms with Crippen LogP contribution in [0.4, 0.5) is 0 Å². The quantitative estimate of drug-likeness (QED) is 0.324. The molecule has 0 aliphatic carbocycles. The Balaban J connectivity index is 0.00000289. The van der Waals surface area contributed by atoms with E-state index in [0.717, 1.165) is 50.7 Å². The van der Waals surface area contributed by atoms with Gasteiger partial charge in [-0.1, -0.05) is 43.3 Å². The van der Waals surface area contributed by atoms with Crippen LogP contribution in [0.1, 0.15) is 24.5 Å². The van der Waals surface area contributed by atoms with Gasteiger partial charge in [-0.25, -0.2) is 4.98 Å². The fourth-order valence-electron chi connectivity index (χ4n) is 4.27. The van der Waals surface area contributed by atoms with E-state index in [0.29, 0.717) is 25.1 Å². The Bertz CT molecular complexity index is 849. The van der Waals surface area contributed by atoms with E-state index in [2.05, 4.69) is 62.3 Å². The van der Waals surface area contributed by atoms with Gasteiger partial charge in [-0.05, 0) is 17.5 Å². The van der Waals surface area contributed by atoms with E-state index in [4.69, 9.17) is 9.47 Å². The van der Waals surface area contributed by atoms with Crippen molar-refractivity contribution >= 4 is 29.9 Å². The van der Waals surface area contributed by atoms with Gasteiger partial charge >= 0.3 is 0 Å². The monoisotopic (exact) mass is 551 g/mol. The van der Waals surface area contributed by atoms with Crippen LogP contribution < -0.4 is 10.1 Å². The van der Waals surface area contributed by atoms with Crippen molar-refractivity contribution in [3.8, 4) is 5.88 Å². The zero-order valence-corrected chi connectivity index (χ0v) is 21.3. The van der Waals surface area contributed by atoms with Crippen LogP contribution in [0.2, 0.25) is 0 Å². The summed E-state index contributed by atoms with van der Waals surface area (Å²) in [7, 11) is 1.84. The molecule has 2 atom stereocenters. The molecule has 2 unspecified atom stereocenters. The van der Waals surface area contributed by atoms with E-state index in [1.54, 1.807) is 0 Å². The average Bonchev–Trinajstić information content (AvgIpc) is 3.25. The summed E-state index contributed by atoms with van der Waals surface area (Å²) in [5, 5.41) is 3.49. The lowest BCUT2D eigenvalue weighted by atomic mass is 10.1. The SMILES string of the molecule is CCCOc1ccc(CNC(=NC)N2CC3OCCN(Cc4ccccc4)C3C2)cn1.I. The maximum atomic E-state index is 6.11. The lowest BCUT2D eigenvalue weighted by molar-refractivity contribution is -0.0502. The molecule has 0 saturated carbocycles. The Morgan fingerprint density at radius 1 is 1.19 bits per heavy atom. The smallest absolute Gasteiger partial charge is 0.213 e. The molecule has 2 aliphatic rings. The van der Waals surface area contributed by atoms with Crippen molar-refractivity contribution in [2.45, 2.75) is 38.6 Å². The molecule has 32 heavy (non-hydrogen) atoms. The minimum Gasteiger partial charge on any atom is -0.478 e. The number of hydrogen-bond donors (Lipinski definition) is 1. The number of aliphatic imine (C=N–C) groups is 1. The molecule has 174 valence electrons. The predicted octanol–water partition coefficient (Wildman–Crippen LogP) is 3.15. The molecule has 2 fully saturated rings. The second-order valence-corrected chi connectivity index (χ2v) is 8.09. The number of nitrogens with zero attached hydrogens (tertiary/aromatic N) is 4. The van der Waals surface area contributed by atoms with Crippen LogP contribution in [0.15, 0.2) is 53.7 Å². The fourth-order valence-corrected chi connectivity index (χ4v) is 4.27. The molecule has 2 saturated heterocycles. The van der Waals surface area contributed by atoms with Gasteiger partial charge in [0.2, 0.25) is 5.88 Å². The number of benzene rings is 1. The van der Waals surface area contributed by atoms with Crippen LogP contribution in [-0.4, -0.2) is 72.8 Å². The minimum atomic E-state index is 0. The Kier molecular flexibility index (Phi) is 9.55. The van der Waals surface area contributed by atoms with Crippen molar-refractivity contribution in [3.63, 3.8) is 0 Å².